The van der Waals surface area contributed by atoms with E-state index < -0.39 is 0 Å². The molecular weight excluding hydrogens is 328 g/mol. The number of fused-ring (bicyclic) bond motifs is 1. The Morgan fingerprint density at radius 2 is 2.24 bits per heavy atom. The summed E-state index contributed by atoms with van der Waals surface area (Å²) >= 11 is 1.84. The highest BCUT2D eigenvalue weighted by molar-refractivity contribution is 7.18. The van der Waals surface area contributed by atoms with Gasteiger partial charge >= 0.3 is 0 Å². The summed E-state index contributed by atoms with van der Waals surface area (Å²) in [7, 11) is 0. The molecule has 3 aromatic rings. The normalized spacial score (nSPS) is 18.5. The lowest BCUT2D eigenvalue weighted by molar-refractivity contribution is 0.200. The Kier molecular flexibility index (Phi) is 4.56. The molecule has 1 aliphatic heterocycles. The molecule has 5 heteroatoms. The lowest BCUT2D eigenvalue weighted by Crippen LogP contribution is -2.33. The van der Waals surface area contributed by atoms with E-state index in [4.69, 9.17) is 4.98 Å². The maximum absolute atomic E-state index is 9.24. The first-order valence-corrected chi connectivity index (χ1v) is 9.75. The number of likely N-dealkylation sites (tertiary alicyclic amines) is 1. The molecule has 1 atom stereocenters. The summed E-state index contributed by atoms with van der Waals surface area (Å²) in [4.78, 5) is 7.38. The molecule has 0 radical (unpaired) electrons. The number of para-hydroxylation sites is 1. The Labute approximate surface area is 152 Å². The molecule has 1 saturated heterocycles. The van der Waals surface area contributed by atoms with E-state index in [1.807, 2.05) is 22.0 Å². The number of benzene rings is 1. The van der Waals surface area contributed by atoms with Crippen molar-refractivity contribution in [3.63, 3.8) is 0 Å². The van der Waals surface area contributed by atoms with Gasteiger partial charge in [0.05, 0.1) is 15.2 Å². The van der Waals surface area contributed by atoms with Gasteiger partial charge in [-0.05, 0) is 50.1 Å². The number of aromatic nitrogens is 2. The van der Waals surface area contributed by atoms with Crippen LogP contribution in [-0.2, 0) is 13.1 Å². The number of piperidine rings is 1. The molecule has 0 N–H and O–H groups in total. The molecule has 0 saturated carbocycles. The summed E-state index contributed by atoms with van der Waals surface area (Å²) in [6, 6.07) is 12.7. The van der Waals surface area contributed by atoms with Crippen LogP contribution in [0.25, 0.3) is 10.2 Å². The number of hydrogen-bond donors (Lipinski definition) is 0. The van der Waals surface area contributed by atoms with Crippen LogP contribution >= 0.6 is 11.3 Å². The van der Waals surface area contributed by atoms with Gasteiger partial charge in [0, 0.05) is 31.7 Å². The van der Waals surface area contributed by atoms with Crippen molar-refractivity contribution in [2.45, 2.75) is 38.8 Å². The third-order valence-electron chi connectivity index (χ3n) is 4.98. The minimum atomic E-state index is 0.523. The second-order valence-corrected chi connectivity index (χ2v) is 7.79. The fourth-order valence-electron chi connectivity index (χ4n) is 3.73. The number of nitrogens with zero attached hydrogens (tertiary/aromatic N) is 4. The molecule has 0 spiro atoms. The zero-order chi connectivity index (χ0) is 17.2. The fraction of sp³-hybridized carbons (Fsp3) is 0.400. The SMILES string of the molecule is CCn1cc(CN2CCC[C@H](c3nc4ccccc4s3)C2)cc1C#N. The highest BCUT2D eigenvalue weighted by atomic mass is 32.1. The largest absolute Gasteiger partial charge is 0.339 e. The molecule has 0 bridgehead atoms. The van der Waals surface area contributed by atoms with Gasteiger partial charge in [0.25, 0.3) is 0 Å². The van der Waals surface area contributed by atoms with E-state index >= 15 is 0 Å². The number of aryl methyl sites for hydroxylation is 1. The minimum absolute atomic E-state index is 0.523. The van der Waals surface area contributed by atoms with Crippen molar-refractivity contribution in [3.05, 3.63) is 52.8 Å². The van der Waals surface area contributed by atoms with E-state index in [0.29, 0.717) is 5.92 Å². The second-order valence-electron chi connectivity index (χ2n) is 6.73. The van der Waals surface area contributed by atoms with Gasteiger partial charge < -0.3 is 4.57 Å². The van der Waals surface area contributed by atoms with Crippen LogP contribution in [0.3, 0.4) is 0 Å². The Hall–Kier alpha value is -2.16. The van der Waals surface area contributed by atoms with Crippen molar-refractivity contribution in [1.29, 1.82) is 5.26 Å². The first kappa shape index (κ1) is 16.3. The van der Waals surface area contributed by atoms with Crippen LogP contribution in [0.15, 0.2) is 36.5 Å². The third-order valence-corrected chi connectivity index (χ3v) is 6.18. The maximum Gasteiger partial charge on any atom is 0.120 e. The van der Waals surface area contributed by atoms with Gasteiger partial charge in [0.2, 0.25) is 0 Å². The van der Waals surface area contributed by atoms with Gasteiger partial charge in [-0.15, -0.1) is 11.3 Å². The molecule has 0 amide bonds. The summed E-state index contributed by atoms with van der Waals surface area (Å²) < 4.78 is 3.32. The summed E-state index contributed by atoms with van der Waals surface area (Å²) in [6.45, 7) is 6.02. The van der Waals surface area contributed by atoms with Crippen LogP contribution in [0.1, 0.15) is 41.9 Å². The van der Waals surface area contributed by atoms with Gasteiger partial charge in [-0.25, -0.2) is 4.98 Å². The van der Waals surface area contributed by atoms with Crippen molar-refractivity contribution in [3.8, 4) is 6.07 Å². The Bertz CT molecular complexity index is 884. The summed E-state index contributed by atoms with van der Waals surface area (Å²) in [5.74, 6) is 0.523. The lowest BCUT2D eigenvalue weighted by atomic mass is 9.98. The minimum Gasteiger partial charge on any atom is -0.339 e. The Morgan fingerprint density at radius 1 is 1.36 bits per heavy atom. The van der Waals surface area contributed by atoms with E-state index in [1.165, 1.54) is 28.1 Å². The molecule has 1 fully saturated rings. The lowest BCUT2D eigenvalue weighted by Gasteiger charge is -2.31. The van der Waals surface area contributed by atoms with Gasteiger partial charge in [-0.3, -0.25) is 4.90 Å². The molecular formula is C20H22N4S. The molecule has 4 nitrogen and oxygen atoms in total. The highest BCUT2D eigenvalue weighted by Gasteiger charge is 2.24. The van der Waals surface area contributed by atoms with Crippen LogP contribution in [0, 0.1) is 11.3 Å². The molecule has 0 aliphatic carbocycles. The van der Waals surface area contributed by atoms with Crippen LogP contribution in [-0.4, -0.2) is 27.5 Å². The van der Waals surface area contributed by atoms with E-state index in [2.05, 4.69) is 48.4 Å². The topological polar surface area (TPSA) is 44.9 Å². The molecule has 2 aromatic heterocycles. The molecule has 1 aliphatic rings. The van der Waals surface area contributed by atoms with Crippen LogP contribution in [0.2, 0.25) is 0 Å². The van der Waals surface area contributed by atoms with Crippen molar-refractivity contribution in [2.24, 2.45) is 0 Å². The summed E-state index contributed by atoms with van der Waals surface area (Å²) in [5, 5.41) is 10.5. The van der Waals surface area contributed by atoms with E-state index in [1.54, 1.807) is 0 Å². The third kappa shape index (κ3) is 3.33. The quantitative estimate of drug-likeness (QED) is 0.702. The van der Waals surface area contributed by atoms with Crippen molar-refractivity contribution in [2.75, 3.05) is 13.1 Å². The molecule has 25 heavy (non-hydrogen) atoms. The number of thiazole rings is 1. The van der Waals surface area contributed by atoms with Gasteiger partial charge in [-0.1, -0.05) is 12.1 Å². The monoisotopic (exact) mass is 350 g/mol. The first-order chi connectivity index (χ1) is 12.3. The molecule has 1 aromatic carbocycles. The van der Waals surface area contributed by atoms with E-state index in [0.717, 1.165) is 37.4 Å². The van der Waals surface area contributed by atoms with Crippen molar-refractivity contribution in [1.82, 2.24) is 14.5 Å². The van der Waals surface area contributed by atoms with Crippen LogP contribution in [0.5, 0.6) is 0 Å². The predicted octanol–water partition coefficient (Wildman–Crippen LogP) is 4.37. The van der Waals surface area contributed by atoms with Crippen LogP contribution in [0.4, 0.5) is 0 Å². The zero-order valence-corrected chi connectivity index (χ0v) is 15.3. The van der Waals surface area contributed by atoms with Gasteiger partial charge in [0.15, 0.2) is 0 Å². The highest BCUT2D eigenvalue weighted by Crippen LogP contribution is 2.33. The fourth-order valence-corrected chi connectivity index (χ4v) is 4.83. The first-order valence-electron chi connectivity index (χ1n) is 8.93. The predicted molar refractivity (Wildman–Crippen MR) is 102 cm³/mol. The molecule has 3 heterocycles. The number of hydrogen-bond acceptors (Lipinski definition) is 4. The molecule has 4 rings (SSSR count). The average molecular weight is 350 g/mol. The number of rotatable bonds is 4. The summed E-state index contributed by atoms with van der Waals surface area (Å²) in [6.07, 6.45) is 4.55. The zero-order valence-electron chi connectivity index (χ0n) is 14.5. The van der Waals surface area contributed by atoms with E-state index in [9.17, 15) is 5.26 Å². The Morgan fingerprint density at radius 3 is 3.00 bits per heavy atom. The average Bonchev–Trinajstić information content (AvgIpc) is 3.25. The van der Waals surface area contributed by atoms with Gasteiger partial charge in [0.1, 0.15) is 11.8 Å². The molecule has 0 unspecified atom stereocenters. The number of nitriles is 1. The Balaban J connectivity index is 1.49. The van der Waals surface area contributed by atoms with E-state index in [-0.39, 0.29) is 0 Å². The van der Waals surface area contributed by atoms with Gasteiger partial charge in [-0.2, -0.15) is 5.26 Å². The summed E-state index contributed by atoms with van der Waals surface area (Å²) in [5.41, 5.74) is 3.12. The van der Waals surface area contributed by atoms with Crippen molar-refractivity contribution >= 4 is 21.6 Å². The maximum atomic E-state index is 9.24. The molecule has 128 valence electrons. The smallest absolute Gasteiger partial charge is 0.120 e. The second kappa shape index (κ2) is 6.99. The van der Waals surface area contributed by atoms with Crippen molar-refractivity contribution < 1.29 is 0 Å². The van der Waals surface area contributed by atoms with Crippen LogP contribution < -0.4 is 0 Å². The standard InChI is InChI=1S/C20H22N4S/c1-2-24-13-15(10-17(24)11-21)12-23-9-5-6-16(14-23)20-22-18-7-3-4-8-19(18)25-20/h3-4,7-8,10,13,16H,2,5-6,9,12,14H2,1H3/t16-/m0/s1.